The standard InChI is InChI=1S/C40H64O10/c1-9-27-30-14-12-13-29(46-30)24(6)34(41)25(7)35(42)28(10-2)36-22(4)21-23(5)39(49-36)20-17-33(47-37(27)43)40(50-39)19-16-32(48-40)31-15-18-38(44,11-3)26(8)45-31/h17,20,22-34,36,41,44H,9-16,18-19,21H2,1-8H3/t22-,23+,24+,25-,26-,27?,28-,29+,30+,31+,32?,33+,34-,36-,38+,39+,40-/m0/s1. The van der Waals surface area contributed by atoms with Crippen LogP contribution in [0.15, 0.2) is 12.2 Å². The number of hydrogen-bond acceptors (Lipinski definition) is 10. The number of hydrogen-bond donors (Lipinski definition) is 2. The zero-order chi connectivity index (χ0) is 36.2. The highest BCUT2D eigenvalue weighted by molar-refractivity contribution is 5.84. The topological polar surface area (TPSA) is 130 Å². The lowest BCUT2D eigenvalue weighted by Gasteiger charge is -2.54. The zero-order valence-corrected chi connectivity index (χ0v) is 31.7. The lowest BCUT2D eigenvalue weighted by atomic mass is 9.73. The van der Waals surface area contributed by atoms with Gasteiger partial charge in [0.15, 0.2) is 11.9 Å². The summed E-state index contributed by atoms with van der Waals surface area (Å²) in [4.78, 5) is 28.5. The van der Waals surface area contributed by atoms with Crippen molar-refractivity contribution >= 4 is 11.8 Å². The van der Waals surface area contributed by atoms with Crippen molar-refractivity contribution in [2.75, 3.05) is 0 Å². The predicted octanol–water partition coefficient (Wildman–Crippen LogP) is 6.03. The number of carbonyl (C=O) groups is 2. The van der Waals surface area contributed by atoms with Gasteiger partial charge in [0, 0.05) is 30.1 Å². The van der Waals surface area contributed by atoms with Crippen molar-refractivity contribution in [1.82, 2.24) is 0 Å². The third-order valence-electron chi connectivity index (χ3n) is 13.8. The number of aliphatic hydroxyl groups is 2. The molecule has 10 nitrogen and oxygen atoms in total. The van der Waals surface area contributed by atoms with Crippen LogP contribution in [0.4, 0.5) is 0 Å². The molecule has 284 valence electrons. The fraction of sp³-hybridized carbons (Fsp3) is 0.900. The largest absolute Gasteiger partial charge is 0.452 e. The second-order valence-corrected chi connectivity index (χ2v) is 16.8. The molecule has 0 aliphatic carbocycles. The molecular weight excluding hydrogens is 640 g/mol. The number of ketones is 1. The summed E-state index contributed by atoms with van der Waals surface area (Å²) in [5, 5.41) is 22.7. The SMILES string of the molecule is CCC1C(=O)O[C@@H]2C=C[C@@]3(O[C@@H]([C@@H](C)C[C@H]3C)[C@@H](CC)C(=O)[C@@H](C)[C@@H](O)[C@H](C)[C@H]3CCC[C@H]1O3)O[C@@]21CCC([C@H]2CC[C@](O)(CC)[C@H](C)O2)O1. The molecule has 0 aromatic rings. The van der Waals surface area contributed by atoms with Gasteiger partial charge in [0.1, 0.15) is 5.78 Å². The van der Waals surface area contributed by atoms with Crippen molar-refractivity contribution in [3.8, 4) is 0 Å². The maximum Gasteiger partial charge on any atom is 0.312 e. The molecule has 7 rings (SSSR count). The molecule has 5 fully saturated rings. The van der Waals surface area contributed by atoms with Crippen molar-refractivity contribution < 1.29 is 48.2 Å². The van der Waals surface area contributed by atoms with Gasteiger partial charge in [-0.05, 0) is 89.2 Å². The Morgan fingerprint density at radius 1 is 0.840 bits per heavy atom. The summed E-state index contributed by atoms with van der Waals surface area (Å²) in [6, 6.07) is 0. The van der Waals surface area contributed by atoms with E-state index >= 15 is 0 Å². The van der Waals surface area contributed by atoms with Gasteiger partial charge in [0.25, 0.3) is 0 Å². The van der Waals surface area contributed by atoms with Crippen LogP contribution in [0, 0.1) is 35.5 Å². The van der Waals surface area contributed by atoms with E-state index in [0.717, 1.165) is 25.7 Å². The Kier molecular flexibility index (Phi) is 11.3. The second-order valence-electron chi connectivity index (χ2n) is 16.8. The molecule has 2 spiro atoms. The maximum absolute atomic E-state index is 14.3. The number of rotatable bonds is 4. The number of esters is 1. The molecule has 7 aliphatic heterocycles. The normalized spacial score (nSPS) is 51.8. The highest BCUT2D eigenvalue weighted by atomic mass is 16.8. The molecule has 7 aliphatic rings. The number of fused-ring (bicyclic) bond motifs is 6. The van der Waals surface area contributed by atoms with Gasteiger partial charge in [-0.25, -0.2) is 0 Å². The molecule has 5 bridgehead atoms. The fourth-order valence-corrected chi connectivity index (χ4v) is 10.2. The number of Topliss-reactive ketones (excluding diaryl/α,β-unsaturated/α-hetero) is 1. The van der Waals surface area contributed by atoms with Gasteiger partial charge in [-0.3, -0.25) is 9.59 Å². The van der Waals surface area contributed by atoms with Crippen LogP contribution in [0.3, 0.4) is 0 Å². The van der Waals surface area contributed by atoms with E-state index < -0.39 is 53.2 Å². The summed E-state index contributed by atoms with van der Waals surface area (Å²) in [5.74, 6) is -4.78. The van der Waals surface area contributed by atoms with Crippen molar-refractivity contribution in [1.29, 1.82) is 0 Å². The second kappa shape index (κ2) is 14.8. The average molecular weight is 705 g/mol. The van der Waals surface area contributed by atoms with Crippen LogP contribution in [0.5, 0.6) is 0 Å². The zero-order valence-electron chi connectivity index (χ0n) is 31.7. The molecule has 2 N–H and O–H groups in total. The van der Waals surface area contributed by atoms with E-state index in [1.54, 1.807) is 0 Å². The molecule has 7 heterocycles. The van der Waals surface area contributed by atoms with Crippen LogP contribution in [0.1, 0.15) is 126 Å². The lowest BCUT2D eigenvalue weighted by molar-refractivity contribution is -0.401. The molecule has 17 atom stereocenters. The van der Waals surface area contributed by atoms with Crippen LogP contribution in [0.25, 0.3) is 0 Å². The van der Waals surface area contributed by atoms with Crippen molar-refractivity contribution in [2.45, 2.75) is 192 Å². The van der Waals surface area contributed by atoms with E-state index in [1.807, 2.05) is 53.7 Å². The van der Waals surface area contributed by atoms with Gasteiger partial charge in [-0.15, -0.1) is 0 Å². The molecule has 50 heavy (non-hydrogen) atoms. The van der Waals surface area contributed by atoms with E-state index in [9.17, 15) is 19.8 Å². The quantitative estimate of drug-likeness (QED) is 0.264. The minimum atomic E-state index is -1.33. The molecule has 10 heteroatoms. The van der Waals surface area contributed by atoms with Crippen molar-refractivity contribution in [2.24, 2.45) is 35.5 Å². The first-order valence-corrected chi connectivity index (χ1v) is 19.9. The smallest absolute Gasteiger partial charge is 0.312 e. The molecule has 0 saturated carbocycles. The van der Waals surface area contributed by atoms with Crippen molar-refractivity contribution in [3.63, 3.8) is 0 Å². The Hall–Kier alpha value is -1.40. The lowest BCUT2D eigenvalue weighted by Crippen LogP contribution is -2.63. The minimum absolute atomic E-state index is 0.00445. The molecule has 0 amide bonds. The van der Waals surface area contributed by atoms with E-state index in [0.29, 0.717) is 44.9 Å². The summed E-state index contributed by atoms with van der Waals surface area (Å²) in [7, 11) is 0. The summed E-state index contributed by atoms with van der Waals surface area (Å²) in [6.07, 6.45) is 7.19. The molecule has 2 unspecified atom stereocenters. The first kappa shape index (κ1) is 38.3. The van der Waals surface area contributed by atoms with Gasteiger partial charge < -0.3 is 38.6 Å². The highest BCUT2D eigenvalue weighted by Gasteiger charge is 2.62. The number of carbonyl (C=O) groups excluding carboxylic acids is 2. The fourth-order valence-electron chi connectivity index (χ4n) is 10.2. The monoisotopic (exact) mass is 704 g/mol. The van der Waals surface area contributed by atoms with Gasteiger partial charge in [-0.1, -0.05) is 48.5 Å². The Balaban J connectivity index is 1.38. The van der Waals surface area contributed by atoms with Gasteiger partial charge in [0.2, 0.25) is 5.79 Å². The Bertz CT molecular complexity index is 1260. The summed E-state index contributed by atoms with van der Waals surface area (Å²) in [6.45, 7) is 15.9. The van der Waals surface area contributed by atoms with Crippen molar-refractivity contribution in [3.05, 3.63) is 12.2 Å². The number of aliphatic hydroxyl groups excluding tert-OH is 1. The average Bonchev–Trinajstić information content (AvgIpc) is 3.52. The summed E-state index contributed by atoms with van der Waals surface area (Å²) < 4.78 is 40.6. The van der Waals surface area contributed by atoms with E-state index in [4.69, 9.17) is 28.4 Å². The van der Waals surface area contributed by atoms with Crippen LogP contribution in [-0.2, 0) is 38.0 Å². The molecule has 0 radical (unpaired) electrons. The number of ether oxygens (including phenoxy) is 6. The Morgan fingerprint density at radius 2 is 1.54 bits per heavy atom. The van der Waals surface area contributed by atoms with Gasteiger partial charge >= 0.3 is 5.97 Å². The molecular formula is C40H64O10. The summed E-state index contributed by atoms with van der Waals surface area (Å²) in [5.41, 5.74) is -0.870. The molecule has 0 aromatic heterocycles. The molecule has 0 aromatic carbocycles. The third-order valence-corrected chi connectivity index (χ3v) is 13.8. The first-order valence-electron chi connectivity index (χ1n) is 19.9. The third kappa shape index (κ3) is 6.77. The Labute approximate surface area is 299 Å². The van der Waals surface area contributed by atoms with Crippen LogP contribution in [0.2, 0.25) is 0 Å². The van der Waals surface area contributed by atoms with Crippen LogP contribution >= 0.6 is 0 Å². The van der Waals surface area contributed by atoms with Crippen LogP contribution in [-0.4, -0.2) is 88.0 Å². The van der Waals surface area contributed by atoms with Crippen LogP contribution < -0.4 is 0 Å². The Morgan fingerprint density at radius 3 is 2.22 bits per heavy atom. The van der Waals surface area contributed by atoms with E-state index in [-0.39, 0.29) is 60.0 Å². The van der Waals surface area contributed by atoms with Gasteiger partial charge in [0.05, 0.1) is 54.2 Å². The predicted molar refractivity (Wildman–Crippen MR) is 186 cm³/mol. The van der Waals surface area contributed by atoms with Gasteiger partial charge in [-0.2, -0.15) is 0 Å². The summed E-state index contributed by atoms with van der Waals surface area (Å²) >= 11 is 0. The molecule has 5 saturated heterocycles. The highest BCUT2D eigenvalue weighted by Crippen LogP contribution is 2.52. The van der Waals surface area contributed by atoms with E-state index in [2.05, 4.69) is 13.8 Å². The first-order chi connectivity index (χ1) is 23.7. The minimum Gasteiger partial charge on any atom is -0.452 e. The van der Waals surface area contributed by atoms with E-state index in [1.165, 1.54) is 0 Å². The maximum atomic E-state index is 14.3.